The van der Waals surface area contributed by atoms with E-state index < -0.39 is 0 Å². The summed E-state index contributed by atoms with van der Waals surface area (Å²) in [4.78, 5) is 12.7. The zero-order chi connectivity index (χ0) is 16.9. The Morgan fingerprint density at radius 2 is 2.17 bits per heavy atom. The van der Waals surface area contributed by atoms with Crippen LogP contribution in [-0.4, -0.2) is 30.5 Å². The second kappa shape index (κ2) is 7.10. The summed E-state index contributed by atoms with van der Waals surface area (Å²) >= 11 is 1.46. The van der Waals surface area contributed by atoms with Crippen LogP contribution >= 0.6 is 11.8 Å². The number of nitriles is 1. The average molecular weight is 337 g/mol. The Balaban J connectivity index is 1.85. The molecular weight excluding hydrogens is 322 g/mol. The van der Waals surface area contributed by atoms with Crippen LogP contribution in [0.3, 0.4) is 0 Å². The lowest BCUT2D eigenvalue weighted by Crippen LogP contribution is -2.08. The number of nitrogens with zero attached hydrogens (tertiary/aromatic N) is 6. The van der Waals surface area contributed by atoms with Crippen LogP contribution in [0, 0.1) is 18.3 Å². The van der Waals surface area contributed by atoms with Gasteiger partial charge in [-0.1, -0.05) is 6.07 Å². The van der Waals surface area contributed by atoms with Crippen LogP contribution in [-0.2, 0) is 6.42 Å². The highest BCUT2D eigenvalue weighted by atomic mass is 32.2. The Bertz CT molecular complexity index is 883. The van der Waals surface area contributed by atoms with Gasteiger partial charge in [0.2, 0.25) is 5.95 Å². The SMILES string of the molecule is Cc1ccn(-c2nc(N)nc(SCCc3ccccn3)c2C#N)n1. The molecule has 0 aromatic carbocycles. The largest absolute Gasteiger partial charge is 0.368 e. The molecule has 0 fully saturated rings. The molecule has 120 valence electrons. The van der Waals surface area contributed by atoms with E-state index in [1.165, 1.54) is 11.8 Å². The van der Waals surface area contributed by atoms with Gasteiger partial charge in [0.05, 0.1) is 5.69 Å². The first-order chi connectivity index (χ1) is 11.7. The molecule has 0 spiro atoms. The van der Waals surface area contributed by atoms with Gasteiger partial charge in [-0.05, 0) is 31.5 Å². The van der Waals surface area contributed by atoms with Crippen molar-refractivity contribution in [2.45, 2.75) is 18.4 Å². The molecule has 0 atom stereocenters. The van der Waals surface area contributed by atoms with E-state index in [0.29, 0.717) is 16.4 Å². The minimum absolute atomic E-state index is 0.123. The molecule has 7 nitrogen and oxygen atoms in total. The van der Waals surface area contributed by atoms with E-state index in [0.717, 1.165) is 23.6 Å². The smallest absolute Gasteiger partial charge is 0.223 e. The number of hydrogen-bond acceptors (Lipinski definition) is 7. The van der Waals surface area contributed by atoms with Crippen LogP contribution in [0.4, 0.5) is 5.95 Å². The monoisotopic (exact) mass is 337 g/mol. The Morgan fingerprint density at radius 3 is 2.83 bits per heavy atom. The van der Waals surface area contributed by atoms with Crippen LogP contribution in [0.1, 0.15) is 17.0 Å². The topological polar surface area (TPSA) is 106 Å². The van der Waals surface area contributed by atoms with Gasteiger partial charge in [0, 0.05) is 23.8 Å². The number of nitrogens with two attached hydrogens (primary N) is 1. The Hall–Kier alpha value is -2.92. The molecule has 3 aromatic heterocycles. The van der Waals surface area contributed by atoms with Gasteiger partial charge >= 0.3 is 0 Å². The third kappa shape index (κ3) is 3.52. The highest BCUT2D eigenvalue weighted by molar-refractivity contribution is 7.99. The molecule has 0 amide bonds. The molecule has 0 aliphatic rings. The van der Waals surface area contributed by atoms with Crippen molar-refractivity contribution >= 4 is 17.7 Å². The van der Waals surface area contributed by atoms with Gasteiger partial charge in [0.15, 0.2) is 5.82 Å². The Labute approximate surface area is 143 Å². The van der Waals surface area contributed by atoms with E-state index in [9.17, 15) is 5.26 Å². The molecular formula is C16H15N7S. The lowest BCUT2D eigenvalue weighted by molar-refractivity contribution is 0.813. The standard InChI is InChI=1S/C16H15N7S/c1-11-5-8-23(22-11)14-13(10-17)15(21-16(18)20-14)24-9-6-12-4-2-3-7-19-12/h2-5,7-8H,6,9H2,1H3,(H2,18,20,21). The number of aryl methyl sites for hydroxylation is 2. The van der Waals surface area contributed by atoms with E-state index in [-0.39, 0.29) is 5.95 Å². The fraction of sp³-hybridized carbons (Fsp3) is 0.188. The summed E-state index contributed by atoms with van der Waals surface area (Å²) < 4.78 is 1.55. The van der Waals surface area contributed by atoms with Crippen LogP contribution < -0.4 is 5.73 Å². The van der Waals surface area contributed by atoms with Crippen LogP contribution in [0.2, 0.25) is 0 Å². The third-order valence-electron chi connectivity index (χ3n) is 3.25. The van der Waals surface area contributed by atoms with Crippen molar-refractivity contribution in [1.29, 1.82) is 5.26 Å². The maximum Gasteiger partial charge on any atom is 0.223 e. The zero-order valence-electron chi connectivity index (χ0n) is 13.0. The van der Waals surface area contributed by atoms with Crippen molar-refractivity contribution in [2.75, 3.05) is 11.5 Å². The molecule has 0 saturated heterocycles. The van der Waals surface area contributed by atoms with E-state index in [2.05, 4.69) is 26.1 Å². The first-order valence-corrected chi connectivity index (χ1v) is 8.29. The van der Waals surface area contributed by atoms with E-state index >= 15 is 0 Å². The van der Waals surface area contributed by atoms with Gasteiger partial charge in [-0.15, -0.1) is 11.8 Å². The highest BCUT2D eigenvalue weighted by Gasteiger charge is 2.16. The predicted octanol–water partition coefficient (Wildman–Crippen LogP) is 2.15. The molecule has 3 rings (SSSR count). The van der Waals surface area contributed by atoms with Crippen molar-refractivity contribution in [1.82, 2.24) is 24.7 Å². The maximum absolute atomic E-state index is 9.54. The average Bonchev–Trinajstić information content (AvgIpc) is 3.02. The first-order valence-electron chi connectivity index (χ1n) is 7.30. The number of pyridine rings is 1. The van der Waals surface area contributed by atoms with Crippen molar-refractivity contribution in [3.05, 3.63) is 53.6 Å². The zero-order valence-corrected chi connectivity index (χ0v) is 13.9. The molecule has 0 radical (unpaired) electrons. The summed E-state index contributed by atoms with van der Waals surface area (Å²) in [6.07, 6.45) is 4.29. The van der Waals surface area contributed by atoms with Crippen molar-refractivity contribution < 1.29 is 0 Å². The van der Waals surface area contributed by atoms with E-state index in [4.69, 9.17) is 5.73 Å². The third-order valence-corrected chi connectivity index (χ3v) is 4.23. The van der Waals surface area contributed by atoms with Crippen molar-refractivity contribution in [3.8, 4) is 11.9 Å². The summed E-state index contributed by atoms with van der Waals surface area (Å²) in [5.74, 6) is 1.26. The van der Waals surface area contributed by atoms with Crippen molar-refractivity contribution in [3.63, 3.8) is 0 Å². The number of thioether (sulfide) groups is 1. The molecule has 2 N–H and O–H groups in total. The summed E-state index contributed by atoms with van der Waals surface area (Å²) in [6.45, 7) is 1.87. The minimum Gasteiger partial charge on any atom is -0.368 e. The number of nitrogen functional groups attached to an aromatic ring is 1. The molecule has 0 unspecified atom stereocenters. The molecule has 3 aromatic rings. The maximum atomic E-state index is 9.54. The molecule has 0 aliphatic heterocycles. The van der Waals surface area contributed by atoms with Gasteiger partial charge in [0.25, 0.3) is 0 Å². The summed E-state index contributed by atoms with van der Waals surface area (Å²) in [5.41, 5.74) is 8.01. The van der Waals surface area contributed by atoms with Crippen LogP contribution in [0.25, 0.3) is 5.82 Å². The molecule has 0 saturated carbocycles. The van der Waals surface area contributed by atoms with Crippen LogP contribution in [0.15, 0.2) is 41.7 Å². The molecule has 0 aliphatic carbocycles. The second-order valence-corrected chi connectivity index (χ2v) is 6.10. The van der Waals surface area contributed by atoms with Crippen molar-refractivity contribution in [2.24, 2.45) is 0 Å². The number of anilines is 1. The number of hydrogen-bond donors (Lipinski definition) is 1. The summed E-state index contributed by atoms with van der Waals surface area (Å²) in [6, 6.07) is 9.82. The fourth-order valence-electron chi connectivity index (χ4n) is 2.14. The quantitative estimate of drug-likeness (QED) is 0.561. The Morgan fingerprint density at radius 1 is 1.29 bits per heavy atom. The normalized spacial score (nSPS) is 10.5. The molecule has 8 heteroatoms. The molecule has 0 bridgehead atoms. The number of rotatable bonds is 5. The van der Waals surface area contributed by atoms with Gasteiger partial charge < -0.3 is 5.73 Å². The first kappa shape index (κ1) is 16.0. The van der Waals surface area contributed by atoms with Gasteiger partial charge in [0.1, 0.15) is 16.7 Å². The lowest BCUT2D eigenvalue weighted by Gasteiger charge is -2.09. The van der Waals surface area contributed by atoms with Gasteiger partial charge in [-0.2, -0.15) is 15.3 Å². The van der Waals surface area contributed by atoms with Crippen LogP contribution in [0.5, 0.6) is 0 Å². The highest BCUT2D eigenvalue weighted by Crippen LogP contribution is 2.25. The number of aromatic nitrogens is 5. The second-order valence-electron chi connectivity index (χ2n) is 5.02. The Kier molecular flexibility index (Phi) is 4.72. The molecule has 3 heterocycles. The van der Waals surface area contributed by atoms with E-state index in [1.54, 1.807) is 17.1 Å². The summed E-state index contributed by atoms with van der Waals surface area (Å²) in [5, 5.41) is 14.4. The van der Waals surface area contributed by atoms with E-state index in [1.807, 2.05) is 31.2 Å². The minimum atomic E-state index is 0.123. The fourth-order valence-corrected chi connectivity index (χ4v) is 3.09. The lowest BCUT2D eigenvalue weighted by atomic mass is 10.3. The molecule has 24 heavy (non-hydrogen) atoms. The predicted molar refractivity (Wildman–Crippen MR) is 91.7 cm³/mol. The summed E-state index contributed by atoms with van der Waals surface area (Å²) in [7, 11) is 0. The van der Waals surface area contributed by atoms with Gasteiger partial charge in [-0.3, -0.25) is 4.98 Å². The van der Waals surface area contributed by atoms with Gasteiger partial charge in [-0.25, -0.2) is 9.67 Å².